The fourth-order valence-corrected chi connectivity index (χ4v) is 2.34. The van der Waals surface area contributed by atoms with E-state index in [2.05, 4.69) is 28.0 Å². The van der Waals surface area contributed by atoms with Crippen LogP contribution in [0.3, 0.4) is 0 Å². The fourth-order valence-electron chi connectivity index (χ4n) is 1.17. The highest BCUT2D eigenvalue weighted by Gasteiger charge is 2.02. The molecule has 2 heterocycles. The Morgan fingerprint density at radius 3 is 3.07 bits per heavy atom. The van der Waals surface area contributed by atoms with Gasteiger partial charge < -0.3 is 0 Å². The summed E-state index contributed by atoms with van der Waals surface area (Å²) >= 11 is 5.86. The Labute approximate surface area is 92.5 Å². The molecule has 0 radical (unpaired) electrons. The zero-order chi connectivity index (χ0) is 9.80. The van der Waals surface area contributed by atoms with E-state index in [4.69, 9.17) is 0 Å². The van der Waals surface area contributed by atoms with Crippen molar-refractivity contribution in [3.8, 4) is 11.3 Å². The van der Waals surface area contributed by atoms with Gasteiger partial charge in [0.1, 0.15) is 0 Å². The molecule has 0 aromatic carbocycles. The Morgan fingerprint density at radius 2 is 2.36 bits per heavy atom. The van der Waals surface area contributed by atoms with E-state index in [0.29, 0.717) is 0 Å². The molecular formula is C10H10N2S2. The van der Waals surface area contributed by atoms with E-state index in [0.717, 1.165) is 28.4 Å². The minimum absolute atomic E-state index is 0.847. The lowest BCUT2D eigenvalue weighted by molar-refractivity contribution is 1.11. The van der Waals surface area contributed by atoms with Gasteiger partial charge in [0.05, 0.1) is 10.7 Å². The number of thiol groups is 1. The van der Waals surface area contributed by atoms with Crippen LogP contribution in [0.5, 0.6) is 0 Å². The number of aryl methyl sites for hydroxylation is 1. The number of thiazole rings is 1. The van der Waals surface area contributed by atoms with Crippen LogP contribution < -0.4 is 0 Å². The normalized spacial score (nSPS) is 10.4. The van der Waals surface area contributed by atoms with Crippen LogP contribution in [0, 0.1) is 0 Å². The molecule has 0 aliphatic heterocycles. The van der Waals surface area contributed by atoms with Crippen LogP contribution in [0.25, 0.3) is 11.3 Å². The minimum Gasteiger partial charge on any atom is -0.264 e. The molecule has 0 aliphatic carbocycles. The van der Waals surface area contributed by atoms with E-state index in [9.17, 15) is 0 Å². The summed E-state index contributed by atoms with van der Waals surface area (Å²) < 4.78 is 0. The summed E-state index contributed by atoms with van der Waals surface area (Å²) in [6, 6.07) is 3.94. The molecule has 0 unspecified atom stereocenters. The van der Waals surface area contributed by atoms with Crippen LogP contribution >= 0.6 is 24.0 Å². The number of nitrogens with zero attached hydrogens (tertiary/aromatic N) is 2. The van der Waals surface area contributed by atoms with E-state index in [1.807, 2.05) is 18.3 Å². The summed E-state index contributed by atoms with van der Waals surface area (Å²) in [5, 5.41) is 3.20. The summed E-state index contributed by atoms with van der Waals surface area (Å²) in [6.07, 6.45) is 4.54. The third kappa shape index (κ3) is 2.13. The molecule has 0 spiro atoms. The van der Waals surface area contributed by atoms with Crippen molar-refractivity contribution in [1.82, 2.24) is 9.97 Å². The largest absolute Gasteiger partial charge is 0.264 e. The summed E-state index contributed by atoms with van der Waals surface area (Å²) in [4.78, 5) is 8.57. The number of rotatable bonds is 3. The van der Waals surface area contributed by atoms with Crippen molar-refractivity contribution in [1.29, 1.82) is 0 Å². The van der Waals surface area contributed by atoms with Crippen molar-refractivity contribution in [3.05, 3.63) is 34.9 Å². The van der Waals surface area contributed by atoms with Gasteiger partial charge in [-0.15, -0.1) is 11.3 Å². The summed E-state index contributed by atoms with van der Waals surface area (Å²) in [7, 11) is 0. The van der Waals surface area contributed by atoms with Crippen molar-refractivity contribution in [2.45, 2.75) is 6.42 Å². The Balaban J connectivity index is 2.25. The van der Waals surface area contributed by atoms with Crippen LogP contribution in [0.4, 0.5) is 0 Å². The molecule has 2 rings (SSSR count). The maximum Gasteiger partial charge on any atom is 0.0940 e. The molecule has 72 valence electrons. The van der Waals surface area contributed by atoms with Crippen LogP contribution in [0.15, 0.2) is 29.9 Å². The molecule has 0 saturated heterocycles. The molecule has 0 aliphatic rings. The first-order chi connectivity index (χ1) is 6.90. The number of hydrogen-bond donors (Lipinski definition) is 1. The molecular weight excluding hydrogens is 212 g/mol. The molecule has 4 heteroatoms. The van der Waals surface area contributed by atoms with Gasteiger partial charge in [-0.3, -0.25) is 4.98 Å². The quantitative estimate of drug-likeness (QED) is 0.808. The lowest BCUT2D eigenvalue weighted by Gasteiger charge is -1.93. The molecule has 2 aromatic rings. The monoisotopic (exact) mass is 222 g/mol. The third-order valence-electron chi connectivity index (χ3n) is 1.83. The van der Waals surface area contributed by atoms with E-state index >= 15 is 0 Å². The third-order valence-corrected chi connectivity index (χ3v) is 2.97. The van der Waals surface area contributed by atoms with Crippen molar-refractivity contribution < 1.29 is 0 Å². The van der Waals surface area contributed by atoms with Gasteiger partial charge >= 0.3 is 0 Å². The lowest BCUT2D eigenvalue weighted by Crippen LogP contribution is -1.85. The molecule has 0 N–H and O–H groups in total. The maximum atomic E-state index is 4.50. The van der Waals surface area contributed by atoms with Gasteiger partial charge in [0.25, 0.3) is 0 Å². The number of hydrogen-bond acceptors (Lipinski definition) is 4. The van der Waals surface area contributed by atoms with Crippen molar-refractivity contribution >= 4 is 24.0 Å². The SMILES string of the molecule is SCCc1nc(-c2cccnc2)cs1. The van der Waals surface area contributed by atoms with Crippen molar-refractivity contribution in [2.24, 2.45) is 0 Å². The van der Waals surface area contributed by atoms with Crippen LogP contribution in [-0.4, -0.2) is 15.7 Å². The molecule has 2 aromatic heterocycles. The Bertz CT molecular complexity index is 398. The van der Waals surface area contributed by atoms with Gasteiger partial charge in [-0.1, -0.05) is 0 Å². The van der Waals surface area contributed by atoms with E-state index < -0.39 is 0 Å². The second kappa shape index (κ2) is 4.57. The predicted molar refractivity (Wildman–Crippen MR) is 62.9 cm³/mol. The minimum atomic E-state index is 0.847. The fraction of sp³-hybridized carbons (Fsp3) is 0.200. The van der Waals surface area contributed by atoms with Crippen molar-refractivity contribution in [3.63, 3.8) is 0 Å². The Kier molecular flexibility index (Phi) is 3.16. The smallest absolute Gasteiger partial charge is 0.0940 e. The van der Waals surface area contributed by atoms with E-state index in [1.165, 1.54) is 0 Å². The highest BCUT2D eigenvalue weighted by atomic mass is 32.1. The molecule has 14 heavy (non-hydrogen) atoms. The average molecular weight is 222 g/mol. The van der Waals surface area contributed by atoms with Crippen LogP contribution in [-0.2, 0) is 6.42 Å². The zero-order valence-electron chi connectivity index (χ0n) is 7.55. The summed E-state index contributed by atoms with van der Waals surface area (Å²) in [5.74, 6) is 0.847. The number of aromatic nitrogens is 2. The second-order valence-electron chi connectivity index (χ2n) is 2.84. The maximum absolute atomic E-state index is 4.50. The van der Waals surface area contributed by atoms with Crippen LogP contribution in [0.1, 0.15) is 5.01 Å². The zero-order valence-corrected chi connectivity index (χ0v) is 9.26. The second-order valence-corrected chi connectivity index (χ2v) is 4.23. The van der Waals surface area contributed by atoms with Gasteiger partial charge in [0.15, 0.2) is 0 Å². The van der Waals surface area contributed by atoms with Gasteiger partial charge in [-0.05, 0) is 17.9 Å². The van der Waals surface area contributed by atoms with Gasteiger partial charge in [-0.2, -0.15) is 12.6 Å². The Morgan fingerprint density at radius 1 is 1.43 bits per heavy atom. The molecule has 0 atom stereocenters. The molecule has 0 bridgehead atoms. The highest BCUT2D eigenvalue weighted by molar-refractivity contribution is 7.80. The highest BCUT2D eigenvalue weighted by Crippen LogP contribution is 2.21. The topological polar surface area (TPSA) is 25.8 Å². The summed E-state index contributed by atoms with van der Waals surface area (Å²) in [6.45, 7) is 0. The van der Waals surface area contributed by atoms with Gasteiger partial charge in [0, 0.05) is 29.8 Å². The first kappa shape index (κ1) is 9.68. The van der Waals surface area contributed by atoms with E-state index in [1.54, 1.807) is 17.5 Å². The molecule has 0 amide bonds. The predicted octanol–water partition coefficient (Wildman–Crippen LogP) is 2.68. The lowest BCUT2D eigenvalue weighted by atomic mass is 10.2. The molecule has 0 saturated carbocycles. The standard InChI is InChI=1S/C10H10N2S2/c13-5-3-10-12-9(7-14-10)8-2-1-4-11-6-8/h1-2,4,6-7,13H,3,5H2. The van der Waals surface area contributed by atoms with Gasteiger partial charge in [0.2, 0.25) is 0 Å². The average Bonchev–Trinajstić information content (AvgIpc) is 2.68. The van der Waals surface area contributed by atoms with Gasteiger partial charge in [-0.25, -0.2) is 4.98 Å². The first-order valence-electron chi connectivity index (χ1n) is 4.36. The van der Waals surface area contributed by atoms with Crippen LogP contribution in [0.2, 0.25) is 0 Å². The molecule has 0 fully saturated rings. The summed E-state index contributed by atoms with van der Waals surface area (Å²) in [5.41, 5.74) is 2.09. The van der Waals surface area contributed by atoms with Crippen molar-refractivity contribution in [2.75, 3.05) is 5.75 Å². The Hall–Kier alpha value is -0.870. The number of pyridine rings is 1. The first-order valence-corrected chi connectivity index (χ1v) is 5.87. The molecule has 2 nitrogen and oxygen atoms in total. The van der Waals surface area contributed by atoms with E-state index in [-0.39, 0.29) is 0 Å².